The highest BCUT2D eigenvalue weighted by Crippen LogP contribution is 2.18. The lowest BCUT2D eigenvalue weighted by molar-refractivity contribution is -0.121. The summed E-state index contributed by atoms with van der Waals surface area (Å²) in [6.45, 7) is 1.91. The van der Waals surface area contributed by atoms with Gasteiger partial charge in [0.2, 0.25) is 5.91 Å². The van der Waals surface area contributed by atoms with Crippen molar-refractivity contribution < 1.29 is 4.79 Å². The minimum atomic E-state index is 0.0811. The van der Waals surface area contributed by atoms with Gasteiger partial charge in [-0.3, -0.25) is 4.79 Å². The topological polar surface area (TPSA) is 56.1 Å². The molecular formula is C15H19N3O. The number of hydrogen-bond acceptors (Lipinski definition) is 3. The van der Waals surface area contributed by atoms with Gasteiger partial charge in [-0.25, -0.2) is 0 Å². The van der Waals surface area contributed by atoms with Gasteiger partial charge in [0.1, 0.15) is 0 Å². The van der Waals surface area contributed by atoms with Crippen LogP contribution in [0.5, 0.6) is 0 Å². The van der Waals surface area contributed by atoms with Gasteiger partial charge in [0.25, 0.3) is 0 Å². The third kappa shape index (κ3) is 3.80. The standard InChI is InChI=1S/C15H19N3O/c1-18-10-2-3-13(11-18)15(19)17-14-6-4-12(5-7-14)8-9-16/h4-7,13H,2-3,8,10-11H2,1H3,(H,17,19)/t13-/m1/s1. The molecule has 1 aliphatic heterocycles. The van der Waals surface area contributed by atoms with Crippen LogP contribution in [-0.2, 0) is 11.2 Å². The zero-order chi connectivity index (χ0) is 13.7. The Bertz CT molecular complexity index is 475. The first-order valence-electron chi connectivity index (χ1n) is 6.64. The average Bonchev–Trinajstić information content (AvgIpc) is 2.41. The number of nitrogens with one attached hydrogen (secondary N) is 1. The summed E-state index contributed by atoms with van der Waals surface area (Å²) in [6.07, 6.45) is 2.44. The Kier molecular flexibility index (Phi) is 4.53. The minimum Gasteiger partial charge on any atom is -0.326 e. The van der Waals surface area contributed by atoms with Gasteiger partial charge >= 0.3 is 0 Å². The van der Waals surface area contributed by atoms with Gasteiger partial charge in [-0.1, -0.05) is 12.1 Å². The lowest BCUT2D eigenvalue weighted by Gasteiger charge is -2.28. The Morgan fingerprint density at radius 1 is 1.47 bits per heavy atom. The third-order valence-corrected chi connectivity index (χ3v) is 3.50. The van der Waals surface area contributed by atoms with E-state index in [9.17, 15) is 4.79 Å². The Morgan fingerprint density at radius 2 is 2.21 bits per heavy atom. The maximum atomic E-state index is 12.1. The molecule has 0 spiro atoms. The number of nitrogens with zero attached hydrogens (tertiary/aromatic N) is 2. The Labute approximate surface area is 114 Å². The van der Waals surface area contributed by atoms with E-state index in [2.05, 4.69) is 23.3 Å². The van der Waals surface area contributed by atoms with Crippen LogP contribution in [0.3, 0.4) is 0 Å². The van der Waals surface area contributed by atoms with Gasteiger partial charge in [-0.05, 0) is 44.1 Å². The average molecular weight is 257 g/mol. The molecule has 1 heterocycles. The Hall–Kier alpha value is -1.86. The summed E-state index contributed by atoms with van der Waals surface area (Å²) in [6, 6.07) is 9.59. The van der Waals surface area contributed by atoms with Gasteiger partial charge in [-0.15, -0.1) is 0 Å². The van der Waals surface area contributed by atoms with E-state index in [-0.39, 0.29) is 11.8 Å². The maximum Gasteiger partial charge on any atom is 0.228 e. The normalized spacial score (nSPS) is 19.7. The van der Waals surface area contributed by atoms with E-state index in [1.807, 2.05) is 24.3 Å². The quantitative estimate of drug-likeness (QED) is 0.901. The van der Waals surface area contributed by atoms with Crippen LogP contribution in [0.15, 0.2) is 24.3 Å². The van der Waals surface area contributed by atoms with Gasteiger partial charge in [0, 0.05) is 12.2 Å². The largest absolute Gasteiger partial charge is 0.326 e. The summed E-state index contributed by atoms with van der Waals surface area (Å²) in [7, 11) is 2.05. The van der Waals surface area contributed by atoms with Gasteiger partial charge < -0.3 is 10.2 Å². The zero-order valence-electron chi connectivity index (χ0n) is 11.2. The summed E-state index contributed by atoms with van der Waals surface area (Å²) in [4.78, 5) is 14.3. The molecule has 100 valence electrons. The monoisotopic (exact) mass is 257 g/mol. The molecule has 0 aliphatic carbocycles. The second-order valence-electron chi connectivity index (χ2n) is 5.12. The summed E-state index contributed by atoms with van der Waals surface area (Å²) < 4.78 is 0. The third-order valence-electron chi connectivity index (χ3n) is 3.50. The molecule has 0 unspecified atom stereocenters. The van der Waals surface area contributed by atoms with Crippen LogP contribution in [0.2, 0.25) is 0 Å². The van der Waals surface area contributed by atoms with Crippen molar-refractivity contribution in [3.63, 3.8) is 0 Å². The van der Waals surface area contributed by atoms with Crippen molar-refractivity contribution in [1.29, 1.82) is 5.26 Å². The molecule has 4 heteroatoms. The molecule has 4 nitrogen and oxygen atoms in total. The number of hydrogen-bond donors (Lipinski definition) is 1. The minimum absolute atomic E-state index is 0.0811. The van der Waals surface area contributed by atoms with Crippen molar-refractivity contribution in [3.8, 4) is 6.07 Å². The summed E-state index contributed by atoms with van der Waals surface area (Å²) in [5, 5.41) is 11.6. The zero-order valence-corrected chi connectivity index (χ0v) is 11.2. The summed E-state index contributed by atoms with van der Waals surface area (Å²) in [5.41, 5.74) is 1.78. The van der Waals surface area contributed by atoms with Crippen LogP contribution >= 0.6 is 0 Å². The van der Waals surface area contributed by atoms with Crippen molar-refractivity contribution in [2.45, 2.75) is 19.3 Å². The molecule has 2 rings (SSSR count). The lowest BCUT2D eigenvalue weighted by atomic mass is 9.97. The highest BCUT2D eigenvalue weighted by Gasteiger charge is 2.23. The van der Waals surface area contributed by atoms with E-state index >= 15 is 0 Å². The number of piperidine rings is 1. The Balaban J connectivity index is 1.93. The molecule has 1 aliphatic rings. The number of carbonyl (C=O) groups excluding carboxylic acids is 1. The molecule has 1 aromatic carbocycles. The molecule has 1 N–H and O–H groups in total. The van der Waals surface area contributed by atoms with Crippen molar-refractivity contribution in [2.75, 3.05) is 25.5 Å². The smallest absolute Gasteiger partial charge is 0.228 e. The fourth-order valence-electron chi connectivity index (χ4n) is 2.42. The molecule has 19 heavy (non-hydrogen) atoms. The molecule has 0 bridgehead atoms. The maximum absolute atomic E-state index is 12.1. The molecule has 1 atom stereocenters. The molecule has 0 aromatic heterocycles. The van der Waals surface area contributed by atoms with Crippen molar-refractivity contribution in [1.82, 2.24) is 4.90 Å². The lowest BCUT2D eigenvalue weighted by Crippen LogP contribution is -2.38. The van der Waals surface area contributed by atoms with Crippen molar-refractivity contribution in [3.05, 3.63) is 29.8 Å². The van der Waals surface area contributed by atoms with Gasteiger partial charge in [0.15, 0.2) is 0 Å². The number of carbonyl (C=O) groups is 1. The number of amides is 1. The number of nitriles is 1. The van der Waals surface area contributed by atoms with E-state index in [1.54, 1.807) is 0 Å². The van der Waals surface area contributed by atoms with Crippen LogP contribution in [0.4, 0.5) is 5.69 Å². The number of benzene rings is 1. The van der Waals surface area contributed by atoms with Crippen LogP contribution in [-0.4, -0.2) is 30.9 Å². The predicted molar refractivity (Wildman–Crippen MR) is 74.6 cm³/mol. The van der Waals surface area contributed by atoms with Crippen molar-refractivity contribution >= 4 is 11.6 Å². The van der Waals surface area contributed by atoms with Crippen LogP contribution < -0.4 is 5.32 Å². The number of anilines is 1. The van der Waals surface area contributed by atoms with Crippen LogP contribution in [0.25, 0.3) is 0 Å². The molecular weight excluding hydrogens is 238 g/mol. The summed E-state index contributed by atoms with van der Waals surface area (Å²) in [5.74, 6) is 0.178. The highest BCUT2D eigenvalue weighted by molar-refractivity contribution is 5.92. The Morgan fingerprint density at radius 3 is 2.84 bits per heavy atom. The first-order chi connectivity index (χ1) is 9.19. The highest BCUT2D eigenvalue weighted by atomic mass is 16.1. The van der Waals surface area contributed by atoms with Crippen LogP contribution in [0, 0.1) is 17.2 Å². The van der Waals surface area contributed by atoms with E-state index < -0.39 is 0 Å². The fourth-order valence-corrected chi connectivity index (χ4v) is 2.42. The number of rotatable bonds is 3. The SMILES string of the molecule is CN1CCC[C@@H](C(=O)Nc2ccc(CC#N)cc2)C1. The number of likely N-dealkylation sites (tertiary alicyclic amines) is 1. The molecule has 1 aromatic rings. The van der Waals surface area contributed by atoms with Gasteiger partial charge in [0.05, 0.1) is 18.4 Å². The van der Waals surface area contributed by atoms with Crippen molar-refractivity contribution in [2.24, 2.45) is 5.92 Å². The van der Waals surface area contributed by atoms with E-state index in [4.69, 9.17) is 5.26 Å². The van der Waals surface area contributed by atoms with Gasteiger partial charge in [-0.2, -0.15) is 5.26 Å². The van der Waals surface area contributed by atoms with E-state index in [0.717, 1.165) is 37.2 Å². The second-order valence-corrected chi connectivity index (χ2v) is 5.12. The van der Waals surface area contributed by atoms with E-state index in [1.165, 1.54) is 0 Å². The molecule has 1 fully saturated rings. The first kappa shape index (κ1) is 13.6. The first-order valence-corrected chi connectivity index (χ1v) is 6.64. The fraction of sp³-hybridized carbons (Fsp3) is 0.467. The molecule has 0 radical (unpaired) electrons. The molecule has 0 saturated carbocycles. The predicted octanol–water partition coefficient (Wildman–Crippen LogP) is 2.03. The second kappa shape index (κ2) is 6.35. The summed E-state index contributed by atoms with van der Waals surface area (Å²) >= 11 is 0. The van der Waals surface area contributed by atoms with Crippen LogP contribution in [0.1, 0.15) is 18.4 Å². The molecule has 1 amide bonds. The molecule has 1 saturated heterocycles. The van der Waals surface area contributed by atoms with E-state index in [0.29, 0.717) is 6.42 Å².